The summed E-state index contributed by atoms with van der Waals surface area (Å²) >= 11 is 6.09. The number of halogens is 1. The topological polar surface area (TPSA) is 45.5 Å². The summed E-state index contributed by atoms with van der Waals surface area (Å²) in [6, 6.07) is 17.4. The molecule has 0 unspecified atom stereocenters. The van der Waals surface area contributed by atoms with Crippen molar-refractivity contribution in [1.29, 1.82) is 5.26 Å². The van der Waals surface area contributed by atoms with Crippen LogP contribution in [0.3, 0.4) is 0 Å². The number of benzene rings is 2. The third kappa shape index (κ3) is 4.96. The fraction of sp³-hybridized carbons (Fsp3) is 0.350. The van der Waals surface area contributed by atoms with E-state index in [2.05, 4.69) is 23.1 Å². The van der Waals surface area contributed by atoms with Crippen LogP contribution in [0.4, 0.5) is 0 Å². The van der Waals surface area contributed by atoms with Crippen molar-refractivity contribution in [3.8, 4) is 11.8 Å². The van der Waals surface area contributed by atoms with Crippen molar-refractivity contribution < 1.29 is 9.47 Å². The van der Waals surface area contributed by atoms with Crippen molar-refractivity contribution in [2.75, 3.05) is 32.8 Å². The summed E-state index contributed by atoms with van der Waals surface area (Å²) in [7, 11) is 0. The molecule has 0 aromatic heterocycles. The lowest BCUT2D eigenvalue weighted by Crippen LogP contribution is -2.37. The molecule has 2 aromatic rings. The van der Waals surface area contributed by atoms with E-state index in [1.54, 1.807) is 18.2 Å². The van der Waals surface area contributed by atoms with Crippen molar-refractivity contribution in [3.63, 3.8) is 0 Å². The molecule has 0 bridgehead atoms. The molecule has 25 heavy (non-hydrogen) atoms. The van der Waals surface area contributed by atoms with Crippen molar-refractivity contribution >= 4 is 11.6 Å². The second kappa shape index (κ2) is 8.87. The van der Waals surface area contributed by atoms with Gasteiger partial charge in [0.25, 0.3) is 0 Å². The van der Waals surface area contributed by atoms with Crippen LogP contribution in [-0.2, 0) is 4.74 Å². The molecular weight excluding hydrogens is 336 g/mol. The Morgan fingerprint density at radius 3 is 2.64 bits per heavy atom. The van der Waals surface area contributed by atoms with Crippen LogP contribution in [0.15, 0.2) is 48.5 Å². The smallest absolute Gasteiger partial charge is 0.139 e. The van der Waals surface area contributed by atoms with Gasteiger partial charge in [0.2, 0.25) is 0 Å². The summed E-state index contributed by atoms with van der Waals surface area (Å²) in [5.74, 6) is 0.533. The third-order valence-electron chi connectivity index (χ3n) is 4.32. The van der Waals surface area contributed by atoms with Crippen LogP contribution in [0.25, 0.3) is 0 Å². The largest absolute Gasteiger partial charge is 0.484 e. The van der Waals surface area contributed by atoms with E-state index in [0.717, 1.165) is 44.8 Å². The molecule has 2 aromatic carbocycles. The van der Waals surface area contributed by atoms with Crippen LogP contribution in [0.5, 0.6) is 5.75 Å². The molecular formula is C20H21ClN2O2. The van der Waals surface area contributed by atoms with Crippen molar-refractivity contribution in [3.05, 3.63) is 64.7 Å². The van der Waals surface area contributed by atoms with E-state index in [1.807, 2.05) is 18.2 Å². The number of hydrogen-bond donors (Lipinski definition) is 0. The Balaban J connectivity index is 1.77. The number of morpholine rings is 1. The highest BCUT2D eigenvalue weighted by molar-refractivity contribution is 6.30. The highest BCUT2D eigenvalue weighted by Gasteiger charge is 2.18. The Morgan fingerprint density at radius 1 is 1.16 bits per heavy atom. The third-order valence-corrected chi connectivity index (χ3v) is 4.55. The maximum Gasteiger partial charge on any atom is 0.139 e. The van der Waals surface area contributed by atoms with Gasteiger partial charge >= 0.3 is 0 Å². The lowest BCUT2D eigenvalue weighted by molar-refractivity contribution is 0.0317. The first-order chi connectivity index (χ1) is 12.3. The molecule has 1 saturated heterocycles. The molecule has 3 rings (SSSR count). The quantitative estimate of drug-likeness (QED) is 0.783. The van der Waals surface area contributed by atoms with Crippen molar-refractivity contribution in [2.45, 2.75) is 12.5 Å². The van der Waals surface area contributed by atoms with Gasteiger partial charge < -0.3 is 9.47 Å². The number of hydrogen-bond acceptors (Lipinski definition) is 4. The fourth-order valence-corrected chi connectivity index (χ4v) is 3.09. The zero-order valence-electron chi connectivity index (χ0n) is 14.0. The first kappa shape index (κ1) is 17.8. The maximum absolute atomic E-state index is 9.33. The zero-order valence-corrected chi connectivity index (χ0v) is 14.8. The minimum Gasteiger partial charge on any atom is -0.484 e. The molecule has 1 fully saturated rings. The summed E-state index contributed by atoms with van der Waals surface area (Å²) in [6.45, 7) is 4.38. The van der Waals surface area contributed by atoms with E-state index >= 15 is 0 Å². The van der Waals surface area contributed by atoms with E-state index in [0.29, 0.717) is 16.3 Å². The molecule has 0 N–H and O–H groups in total. The molecule has 0 spiro atoms. The highest BCUT2D eigenvalue weighted by Crippen LogP contribution is 2.30. The minimum absolute atomic E-state index is 0.130. The molecule has 1 heterocycles. The molecule has 0 aliphatic carbocycles. The summed E-state index contributed by atoms with van der Waals surface area (Å²) in [6.07, 6.45) is 0.705. The Hall–Kier alpha value is -2.06. The Morgan fingerprint density at radius 2 is 1.92 bits per heavy atom. The van der Waals surface area contributed by atoms with Crippen LogP contribution in [0.2, 0.25) is 5.02 Å². The van der Waals surface area contributed by atoms with Crippen molar-refractivity contribution in [1.82, 2.24) is 4.90 Å². The Labute approximate surface area is 153 Å². The lowest BCUT2D eigenvalue weighted by Gasteiger charge is -2.29. The summed E-state index contributed by atoms with van der Waals surface area (Å²) in [5, 5.41) is 9.90. The average Bonchev–Trinajstić information content (AvgIpc) is 2.67. The second-order valence-electron chi connectivity index (χ2n) is 6.01. The molecule has 5 heteroatoms. The Bertz CT molecular complexity index is 724. The molecule has 4 nitrogen and oxygen atoms in total. The van der Waals surface area contributed by atoms with Gasteiger partial charge in [-0.2, -0.15) is 5.26 Å². The molecule has 130 valence electrons. The first-order valence-electron chi connectivity index (χ1n) is 8.47. The average molecular weight is 357 g/mol. The van der Waals surface area contributed by atoms with E-state index in [1.165, 1.54) is 0 Å². The summed E-state index contributed by atoms with van der Waals surface area (Å²) < 4.78 is 11.6. The van der Waals surface area contributed by atoms with E-state index in [4.69, 9.17) is 21.1 Å². The van der Waals surface area contributed by atoms with Crippen LogP contribution in [-0.4, -0.2) is 37.7 Å². The maximum atomic E-state index is 9.33. The van der Waals surface area contributed by atoms with Gasteiger partial charge in [0, 0.05) is 37.1 Å². The van der Waals surface area contributed by atoms with Gasteiger partial charge in [-0.25, -0.2) is 0 Å². The summed E-state index contributed by atoms with van der Waals surface area (Å²) in [4.78, 5) is 2.38. The van der Waals surface area contributed by atoms with E-state index in [9.17, 15) is 5.26 Å². The van der Waals surface area contributed by atoms with Gasteiger partial charge in [-0.05, 0) is 17.7 Å². The number of nitriles is 1. The van der Waals surface area contributed by atoms with Crippen LogP contribution in [0, 0.1) is 11.3 Å². The number of ether oxygens (including phenoxy) is 2. The summed E-state index contributed by atoms with van der Waals surface area (Å²) in [5.41, 5.74) is 1.59. The van der Waals surface area contributed by atoms with E-state index in [-0.39, 0.29) is 6.10 Å². The van der Waals surface area contributed by atoms with Gasteiger partial charge in [0.15, 0.2) is 0 Å². The first-order valence-corrected chi connectivity index (χ1v) is 8.85. The lowest BCUT2D eigenvalue weighted by atomic mass is 10.1. The highest BCUT2D eigenvalue weighted by atomic mass is 35.5. The number of nitrogens with zero attached hydrogens (tertiary/aromatic N) is 2. The van der Waals surface area contributed by atoms with Crippen molar-refractivity contribution in [2.24, 2.45) is 0 Å². The fourth-order valence-electron chi connectivity index (χ4n) is 2.93. The monoisotopic (exact) mass is 356 g/mol. The normalized spacial score (nSPS) is 16.2. The molecule has 0 saturated carbocycles. The van der Waals surface area contributed by atoms with Gasteiger partial charge in [0.05, 0.1) is 18.8 Å². The standard InChI is InChI=1S/C20H21ClN2O2/c21-18-7-6-17(15-22)20(14-18)25-19(16-4-2-1-3-5-16)8-9-23-10-12-24-13-11-23/h1-7,14,19H,8-13H2/t19-/m1/s1. The van der Waals surface area contributed by atoms with E-state index < -0.39 is 0 Å². The molecule has 0 radical (unpaired) electrons. The molecule has 1 aliphatic rings. The number of rotatable bonds is 6. The van der Waals surface area contributed by atoms with Gasteiger partial charge in [-0.1, -0.05) is 41.9 Å². The zero-order chi connectivity index (χ0) is 17.5. The van der Waals surface area contributed by atoms with Crippen LogP contribution in [0.1, 0.15) is 23.7 Å². The molecule has 1 aliphatic heterocycles. The predicted molar refractivity (Wildman–Crippen MR) is 97.9 cm³/mol. The van der Waals surface area contributed by atoms with Gasteiger partial charge in [-0.15, -0.1) is 0 Å². The second-order valence-corrected chi connectivity index (χ2v) is 6.45. The van der Waals surface area contributed by atoms with Crippen LogP contribution < -0.4 is 4.74 Å². The van der Waals surface area contributed by atoms with Gasteiger partial charge in [-0.3, -0.25) is 4.90 Å². The Kier molecular flexibility index (Phi) is 6.30. The van der Waals surface area contributed by atoms with Crippen LogP contribution >= 0.6 is 11.6 Å². The molecule has 0 amide bonds. The minimum atomic E-state index is -0.130. The predicted octanol–water partition coefficient (Wildman–Crippen LogP) is 4.05. The van der Waals surface area contributed by atoms with Gasteiger partial charge in [0.1, 0.15) is 17.9 Å². The SMILES string of the molecule is N#Cc1ccc(Cl)cc1O[C@H](CCN1CCOCC1)c1ccccc1. The molecule has 1 atom stereocenters.